The first-order chi connectivity index (χ1) is 10.7. The van der Waals surface area contributed by atoms with Crippen LogP contribution < -0.4 is 9.47 Å². The van der Waals surface area contributed by atoms with Crippen molar-refractivity contribution < 1.29 is 19.7 Å². The molecule has 0 radical (unpaired) electrons. The van der Waals surface area contributed by atoms with Crippen LogP contribution in [0.4, 0.5) is 0 Å². The quantitative estimate of drug-likeness (QED) is 0.762. The summed E-state index contributed by atoms with van der Waals surface area (Å²) in [6.07, 6.45) is 1.50. The standard InChI is InChI=1S/C17H27NO4/c1-2-21-16-3-5-17(6-4-16)22-13-15(20)11-18-9-7-14(12-19)8-10-18/h3-6,14-15,19-20H,2,7-13H2,1H3/t15-/m0/s1. The molecule has 0 spiro atoms. The number of aliphatic hydroxyl groups excluding tert-OH is 2. The van der Waals surface area contributed by atoms with Gasteiger partial charge in [-0.1, -0.05) is 0 Å². The third-order valence-corrected chi connectivity index (χ3v) is 4.01. The van der Waals surface area contributed by atoms with Crippen molar-refractivity contribution in [3.8, 4) is 11.5 Å². The van der Waals surface area contributed by atoms with Crippen molar-refractivity contribution in [1.29, 1.82) is 0 Å². The van der Waals surface area contributed by atoms with Crippen LogP contribution in [0.2, 0.25) is 0 Å². The van der Waals surface area contributed by atoms with Crippen LogP contribution in [0.3, 0.4) is 0 Å². The zero-order valence-electron chi connectivity index (χ0n) is 13.3. The van der Waals surface area contributed by atoms with Gasteiger partial charge in [0, 0.05) is 13.2 Å². The molecule has 1 aromatic carbocycles. The van der Waals surface area contributed by atoms with E-state index in [0.717, 1.165) is 37.4 Å². The van der Waals surface area contributed by atoms with Crippen molar-refractivity contribution in [3.05, 3.63) is 24.3 Å². The maximum atomic E-state index is 10.1. The van der Waals surface area contributed by atoms with Crippen LogP contribution in [0.25, 0.3) is 0 Å². The molecule has 1 saturated heterocycles. The summed E-state index contributed by atoms with van der Waals surface area (Å²) in [6.45, 7) is 5.65. The first-order valence-electron chi connectivity index (χ1n) is 8.08. The van der Waals surface area contributed by atoms with Gasteiger partial charge < -0.3 is 24.6 Å². The highest BCUT2D eigenvalue weighted by molar-refractivity contribution is 5.31. The molecule has 0 aliphatic carbocycles. The third-order valence-electron chi connectivity index (χ3n) is 4.01. The first kappa shape index (κ1) is 17.1. The van der Waals surface area contributed by atoms with Gasteiger partial charge in [-0.25, -0.2) is 0 Å². The highest BCUT2D eigenvalue weighted by Crippen LogP contribution is 2.19. The van der Waals surface area contributed by atoms with Crippen molar-refractivity contribution in [3.63, 3.8) is 0 Å². The van der Waals surface area contributed by atoms with Gasteiger partial charge in [-0.3, -0.25) is 0 Å². The van der Waals surface area contributed by atoms with E-state index in [2.05, 4.69) is 4.90 Å². The Bertz CT molecular complexity index is 415. The van der Waals surface area contributed by atoms with Crippen LogP contribution in [0.1, 0.15) is 19.8 Å². The second-order valence-corrected chi connectivity index (χ2v) is 5.80. The second kappa shape index (κ2) is 8.98. The van der Waals surface area contributed by atoms with E-state index in [-0.39, 0.29) is 13.2 Å². The topological polar surface area (TPSA) is 62.2 Å². The predicted octanol–water partition coefficient (Wildman–Crippen LogP) is 1.53. The van der Waals surface area contributed by atoms with E-state index in [4.69, 9.17) is 14.6 Å². The summed E-state index contributed by atoms with van der Waals surface area (Å²) >= 11 is 0. The summed E-state index contributed by atoms with van der Waals surface area (Å²) < 4.78 is 11.0. The number of ether oxygens (including phenoxy) is 2. The fourth-order valence-corrected chi connectivity index (χ4v) is 2.69. The van der Waals surface area contributed by atoms with E-state index in [1.165, 1.54) is 0 Å². The Hall–Kier alpha value is -1.30. The van der Waals surface area contributed by atoms with Crippen molar-refractivity contribution in [1.82, 2.24) is 4.90 Å². The van der Waals surface area contributed by atoms with Gasteiger partial charge in [0.05, 0.1) is 6.61 Å². The normalized spacial score (nSPS) is 18.1. The molecule has 1 aliphatic rings. The Labute approximate surface area is 132 Å². The van der Waals surface area contributed by atoms with Crippen LogP contribution in [0.15, 0.2) is 24.3 Å². The Kier molecular flexibility index (Phi) is 6.96. The van der Waals surface area contributed by atoms with Crippen LogP contribution in [0, 0.1) is 5.92 Å². The molecule has 5 nitrogen and oxygen atoms in total. The van der Waals surface area contributed by atoms with Crippen LogP contribution >= 0.6 is 0 Å². The molecule has 0 aromatic heterocycles. The highest BCUT2D eigenvalue weighted by atomic mass is 16.5. The van der Waals surface area contributed by atoms with Crippen LogP contribution in [-0.2, 0) is 0 Å². The maximum absolute atomic E-state index is 10.1. The Morgan fingerprint density at radius 1 is 1.14 bits per heavy atom. The monoisotopic (exact) mass is 309 g/mol. The summed E-state index contributed by atoms with van der Waals surface area (Å²) in [5.41, 5.74) is 0. The molecule has 1 heterocycles. The van der Waals surface area contributed by atoms with Gasteiger partial charge in [-0.2, -0.15) is 0 Å². The number of nitrogens with zero attached hydrogens (tertiary/aromatic N) is 1. The van der Waals surface area contributed by atoms with Gasteiger partial charge in [0.2, 0.25) is 0 Å². The lowest BCUT2D eigenvalue weighted by Gasteiger charge is -2.32. The number of β-amino-alcohol motifs (C(OH)–C–C–N with tert-alkyl or cyclic N) is 1. The van der Waals surface area contributed by atoms with Crippen LogP contribution in [0.5, 0.6) is 11.5 Å². The zero-order valence-corrected chi connectivity index (χ0v) is 13.3. The molecule has 22 heavy (non-hydrogen) atoms. The lowest BCUT2D eigenvalue weighted by Crippen LogP contribution is -2.41. The molecule has 1 fully saturated rings. The smallest absolute Gasteiger partial charge is 0.119 e. The molecule has 2 rings (SSSR count). The van der Waals surface area contributed by atoms with E-state index in [1.54, 1.807) is 0 Å². The molecule has 124 valence electrons. The van der Waals surface area contributed by atoms with Gasteiger partial charge >= 0.3 is 0 Å². The molecular formula is C17H27NO4. The number of piperidine rings is 1. The molecule has 0 bridgehead atoms. The number of hydrogen-bond acceptors (Lipinski definition) is 5. The van der Waals surface area contributed by atoms with E-state index >= 15 is 0 Å². The largest absolute Gasteiger partial charge is 0.494 e. The molecule has 2 N–H and O–H groups in total. The fraction of sp³-hybridized carbons (Fsp3) is 0.647. The molecule has 1 atom stereocenters. The molecule has 5 heteroatoms. The highest BCUT2D eigenvalue weighted by Gasteiger charge is 2.20. The minimum absolute atomic E-state index is 0.275. The first-order valence-corrected chi connectivity index (χ1v) is 8.08. The molecular weight excluding hydrogens is 282 g/mol. The number of aliphatic hydroxyl groups is 2. The lowest BCUT2D eigenvalue weighted by molar-refractivity contribution is 0.0488. The summed E-state index contributed by atoms with van der Waals surface area (Å²) in [4.78, 5) is 2.23. The maximum Gasteiger partial charge on any atom is 0.119 e. The van der Waals surface area contributed by atoms with Crippen molar-refractivity contribution in [2.45, 2.75) is 25.9 Å². The predicted molar refractivity (Wildman–Crippen MR) is 85.4 cm³/mol. The Morgan fingerprint density at radius 3 is 2.27 bits per heavy atom. The van der Waals surface area contributed by atoms with Crippen molar-refractivity contribution >= 4 is 0 Å². The van der Waals surface area contributed by atoms with Crippen molar-refractivity contribution in [2.24, 2.45) is 5.92 Å². The summed E-state index contributed by atoms with van der Waals surface area (Å²) in [6, 6.07) is 7.44. The van der Waals surface area contributed by atoms with Gasteiger partial charge in [-0.05, 0) is 63.0 Å². The van der Waals surface area contributed by atoms with E-state index in [0.29, 0.717) is 19.1 Å². The van der Waals surface area contributed by atoms with Gasteiger partial charge in [0.15, 0.2) is 0 Å². The fourth-order valence-electron chi connectivity index (χ4n) is 2.69. The van der Waals surface area contributed by atoms with Crippen molar-refractivity contribution in [2.75, 3.05) is 39.5 Å². The lowest BCUT2D eigenvalue weighted by atomic mass is 9.98. The van der Waals surface area contributed by atoms with Gasteiger partial charge in [-0.15, -0.1) is 0 Å². The van der Waals surface area contributed by atoms with E-state index in [1.807, 2.05) is 31.2 Å². The Morgan fingerprint density at radius 2 is 1.73 bits per heavy atom. The summed E-state index contributed by atoms with van der Waals surface area (Å²) in [5, 5.41) is 19.2. The number of hydrogen-bond donors (Lipinski definition) is 2. The van der Waals surface area contributed by atoms with Crippen LogP contribution in [-0.4, -0.2) is 60.7 Å². The molecule has 0 amide bonds. The SMILES string of the molecule is CCOc1ccc(OC[C@@H](O)CN2CCC(CO)CC2)cc1. The average Bonchev–Trinajstić information content (AvgIpc) is 2.55. The van der Waals surface area contributed by atoms with Gasteiger partial charge in [0.1, 0.15) is 24.2 Å². The summed E-state index contributed by atoms with van der Waals surface area (Å²) in [5.74, 6) is 1.98. The molecule has 0 saturated carbocycles. The average molecular weight is 309 g/mol. The van der Waals surface area contributed by atoms with E-state index < -0.39 is 6.10 Å². The van der Waals surface area contributed by atoms with Gasteiger partial charge in [0.25, 0.3) is 0 Å². The minimum Gasteiger partial charge on any atom is -0.494 e. The number of benzene rings is 1. The molecule has 1 aliphatic heterocycles. The minimum atomic E-state index is -0.503. The molecule has 1 aromatic rings. The zero-order chi connectivity index (χ0) is 15.8. The van der Waals surface area contributed by atoms with E-state index in [9.17, 15) is 5.11 Å². The number of rotatable bonds is 8. The second-order valence-electron chi connectivity index (χ2n) is 5.80. The summed E-state index contributed by atoms with van der Waals surface area (Å²) in [7, 11) is 0. The third kappa shape index (κ3) is 5.48. The Balaban J connectivity index is 1.68. The number of likely N-dealkylation sites (tertiary alicyclic amines) is 1. The molecule has 0 unspecified atom stereocenters.